The summed E-state index contributed by atoms with van der Waals surface area (Å²) in [6, 6.07) is 7.05. The Morgan fingerprint density at radius 3 is 2.65 bits per heavy atom. The average molecular weight is 330 g/mol. The van der Waals surface area contributed by atoms with Crippen molar-refractivity contribution in [2.24, 2.45) is 0 Å². The first-order chi connectivity index (χ1) is 11.1. The Hall–Kier alpha value is -2.21. The highest BCUT2D eigenvalue weighted by molar-refractivity contribution is 7.13. The Balaban J connectivity index is 1.71. The second kappa shape index (κ2) is 6.50. The summed E-state index contributed by atoms with van der Waals surface area (Å²) in [6.45, 7) is 4.57. The molecule has 0 atom stereocenters. The third-order valence-electron chi connectivity index (χ3n) is 3.76. The lowest BCUT2D eigenvalue weighted by Gasteiger charge is -2.15. The lowest BCUT2D eigenvalue weighted by molar-refractivity contribution is -0.117. The average Bonchev–Trinajstić information content (AvgIpc) is 3.14. The number of aromatic nitrogens is 1. The first-order valence-electron chi connectivity index (χ1n) is 7.67. The van der Waals surface area contributed by atoms with E-state index in [0.717, 1.165) is 30.1 Å². The molecule has 0 bridgehead atoms. The standard InChI is InChI=1S/C17H18N2O3S/c1-3-14-18-11(2)16(23-14)17(21)22-13-8-6-12(7-9-13)19-10-4-5-15(19)20/h6-9H,3-5,10H2,1-2H3. The molecule has 0 radical (unpaired) electrons. The van der Waals surface area contributed by atoms with Gasteiger partial charge in [0.2, 0.25) is 5.91 Å². The molecule has 3 rings (SSSR count). The number of rotatable bonds is 4. The van der Waals surface area contributed by atoms with Crippen LogP contribution in [-0.2, 0) is 11.2 Å². The summed E-state index contributed by atoms with van der Waals surface area (Å²) in [5, 5.41) is 0.928. The third kappa shape index (κ3) is 3.27. The lowest BCUT2D eigenvalue weighted by atomic mass is 10.3. The summed E-state index contributed by atoms with van der Waals surface area (Å²) in [6.07, 6.45) is 2.29. The van der Waals surface area contributed by atoms with Gasteiger partial charge < -0.3 is 9.64 Å². The van der Waals surface area contributed by atoms with E-state index in [1.807, 2.05) is 26.0 Å². The van der Waals surface area contributed by atoms with Gasteiger partial charge in [0.1, 0.15) is 10.6 Å². The minimum Gasteiger partial charge on any atom is -0.422 e. The molecule has 120 valence electrons. The van der Waals surface area contributed by atoms with E-state index in [1.54, 1.807) is 17.0 Å². The fourth-order valence-corrected chi connectivity index (χ4v) is 3.44. The highest BCUT2D eigenvalue weighted by atomic mass is 32.1. The van der Waals surface area contributed by atoms with Crippen LogP contribution < -0.4 is 9.64 Å². The summed E-state index contributed by atoms with van der Waals surface area (Å²) in [5.74, 6) is 0.225. The van der Waals surface area contributed by atoms with Gasteiger partial charge in [0.15, 0.2) is 0 Å². The number of esters is 1. The van der Waals surface area contributed by atoms with E-state index >= 15 is 0 Å². The van der Waals surface area contributed by atoms with Crippen LogP contribution in [0, 0.1) is 6.92 Å². The molecule has 1 amide bonds. The topological polar surface area (TPSA) is 59.5 Å². The minimum atomic E-state index is -0.385. The first-order valence-corrected chi connectivity index (χ1v) is 8.49. The quantitative estimate of drug-likeness (QED) is 0.637. The van der Waals surface area contributed by atoms with Crippen LogP contribution in [0.4, 0.5) is 5.69 Å². The maximum Gasteiger partial charge on any atom is 0.355 e. The van der Waals surface area contributed by atoms with E-state index in [4.69, 9.17) is 4.74 Å². The Morgan fingerprint density at radius 2 is 2.09 bits per heavy atom. The molecule has 1 aromatic carbocycles. The van der Waals surface area contributed by atoms with Crippen LogP contribution in [0.5, 0.6) is 5.75 Å². The van der Waals surface area contributed by atoms with E-state index in [1.165, 1.54) is 11.3 Å². The Morgan fingerprint density at radius 1 is 1.35 bits per heavy atom. The number of thiazole rings is 1. The van der Waals surface area contributed by atoms with E-state index in [2.05, 4.69) is 4.98 Å². The van der Waals surface area contributed by atoms with Crippen molar-refractivity contribution in [1.29, 1.82) is 0 Å². The van der Waals surface area contributed by atoms with Gasteiger partial charge >= 0.3 is 5.97 Å². The molecule has 0 N–H and O–H groups in total. The van der Waals surface area contributed by atoms with Crippen LogP contribution in [0.1, 0.15) is 40.1 Å². The van der Waals surface area contributed by atoms with Crippen molar-refractivity contribution in [2.45, 2.75) is 33.1 Å². The lowest BCUT2D eigenvalue weighted by Crippen LogP contribution is -2.23. The highest BCUT2D eigenvalue weighted by Crippen LogP contribution is 2.25. The molecule has 0 saturated carbocycles. The van der Waals surface area contributed by atoms with E-state index in [-0.39, 0.29) is 11.9 Å². The predicted octanol–water partition coefficient (Wildman–Crippen LogP) is 3.36. The molecule has 1 saturated heterocycles. The summed E-state index contributed by atoms with van der Waals surface area (Å²) in [5.41, 5.74) is 1.55. The maximum absolute atomic E-state index is 12.2. The molecular weight excluding hydrogens is 312 g/mol. The summed E-state index contributed by atoms with van der Waals surface area (Å²) < 4.78 is 5.41. The Bertz CT molecular complexity index is 737. The number of amides is 1. The van der Waals surface area contributed by atoms with Crippen LogP contribution in [0.2, 0.25) is 0 Å². The molecule has 2 aromatic rings. The smallest absolute Gasteiger partial charge is 0.355 e. The highest BCUT2D eigenvalue weighted by Gasteiger charge is 2.22. The monoisotopic (exact) mass is 330 g/mol. The van der Waals surface area contributed by atoms with Crippen molar-refractivity contribution < 1.29 is 14.3 Å². The number of aryl methyl sites for hydroxylation is 2. The largest absolute Gasteiger partial charge is 0.422 e. The van der Waals surface area contributed by atoms with Gasteiger partial charge in [-0.2, -0.15) is 0 Å². The molecule has 5 nitrogen and oxygen atoms in total. The minimum absolute atomic E-state index is 0.141. The van der Waals surface area contributed by atoms with Gasteiger partial charge in [0, 0.05) is 18.7 Å². The molecule has 1 aromatic heterocycles. The number of anilines is 1. The molecule has 0 aliphatic carbocycles. The van der Waals surface area contributed by atoms with Gasteiger partial charge in [0.25, 0.3) is 0 Å². The van der Waals surface area contributed by atoms with Crippen molar-refractivity contribution >= 4 is 28.9 Å². The van der Waals surface area contributed by atoms with Crippen molar-refractivity contribution in [1.82, 2.24) is 4.98 Å². The molecule has 2 heterocycles. The van der Waals surface area contributed by atoms with Gasteiger partial charge in [-0.15, -0.1) is 11.3 Å². The van der Waals surface area contributed by atoms with Crippen LogP contribution in [0.3, 0.4) is 0 Å². The van der Waals surface area contributed by atoms with Crippen molar-refractivity contribution in [3.8, 4) is 5.75 Å². The number of nitrogens with zero attached hydrogens (tertiary/aromatic N) is 2. The molecule has 1 aliphatic rings. The SMILES string of the molecule is CCc1nc(C)c(C(=O)Oc2ccc(N3CCCC3=O)cc2)s1. The van der Waals surface area contributed by atoms with Crippen molar-refractivity contribution in [2.75, 3.05) is 11.4 Å². The predicted molar refractivity (Wildman–Crippen MR) is 89.2 cm³/mol. The summed E-state index contributed by atoms with van der Waals surface area (Å²) in [4.78, 5) is 30.6. The van der Waals surface area contributed by atoms with Gasteiger partial charge in [-0.25, -0.2) is 9.78 Å². The van der Waals surface area contributed by atoms with Gasteiger partial charge in [0.05, 0.1) is 10.7 Å². The Labute approximate surface area is 138 Å². The summed E-state index contributed by atoms with van der Waals surface area (Å²) in [7, 11) is 0. The zero-order valence-electron chi connectivity index (χ0n) is 13.2. The summed E-state index contributed by atoms with van der Waals surface area (Å²) >= 11 is 1.37. The second-order valence-corrected chi connectivity index (χ2v) is 6.49. The van der Waals surface area contributed by atoms with Crippen LogP contribution in [-0.4, -0.2) is 23.4 Å². The zero-order chi connectivity index (χ0) is 16.4. The van der Waals surface area contributed by atoms with Gasteiger partial charge in [-0.05, 0) is 44.0 Å². The second-order valence-electron chi connectivity index (χ2n) is 5.41. The van der Waals surface area contributed by atoms with Crippen molar-refractivity contribution in [3.05, 3.63) is 39.8 Å². The number of benzene rings is 1. The van der Waals surface area contributed by atoms with Crippen LogP contribution >= 0.6 is 11.3 Å². The first kappa shape index (κ1) is 15.7. The van der Waals surface area contributed by atoms with Crippen LogP contribution in [0.15, 0.2) is 24.3 Å². The maximum atomic E-state index is 12.2. The number of carbonyl (C=O) groups is 2. The van der Waals surface area contributed by atoms with E-state index in [0.29, 0.717) is 22.7 Å². The van der Waals surface area contributed by atoms with E-state index < -0.39 is 0 Å². The molecule has 0 spiro atoms. The Kier molecular flexibility index (Phi) is 4.43. The number of hydrogen-bond acceptors (Lipinski definition) is 5. The molecule has 1 fully saturated rings. The fourth-order valence-electron chi connectivity index (χ4n) is 2.56. The molecular formula is C17H18N2O3S. The van der Waals surface area contributed by atoms with Crippen LogP contribution in [0.25, 0.3) is 0 Å². The zero-order valence-corrected chi connectivity index (χ0v) is 14.0. The normalized spacial score (nSPS) is 14.3. The number of carbonyl (C=O) groups excluding carboxylic acids is 2. The van der Waals surface area contributed by atoms with Crippen molar-refractivity contribution in [3.63, 3.8) is 0 Å². The molecule has 23 heavy (non-hydrogen) atoms. The van der Waals surface area contributed by atoms with E-state index in [9.17, 15) is 9.59 Å². The molecule has 0 unspecified atom stereocenters. The number of ether oxygens (including phenoxy) is 1. The van der Waals surface area contributed by atoms with Gasteiger partial charge in [-0.1, -0.05) is 6.92 Å². The third-order valence-corrected chi connectivity index (χ3v) is 5.04. The fraction of sp³-hybridized carbons (Fsp3) is 0.353. The number of hydrogen-bond donors (Lipinski definition) is 0. The molecule has 6 heteroatoms. The molecule has 1 aliphatic heterocycles. The van der Waals surface area contributed by atoms with Gasteiger partial charge in [-0.3, -0.25) is 4.79 Å².